The third-order valence-corrected chi connectivity index (χ3v) is 6.24. The van der Waals surface area contributed by atoms with Gasteiger partial charge < -0.3 is 14.8 Å². The summed E-state index contributed by atoms with van der Waals surface area (Å²) < 4.78 is 11.1. The van der Waals surface area contributed by atoms with Crippen molar-refractivity contribution in [2.75, 3.05) is 7.11 Å². The van der Waals surface area contributed by atoms with E-state index in [1.54, 1.807) is 36.7 Å². The monoisotopic (exact) mass is 402 g/mol. The van der Waals surface area contributed by atoms with E-state index >= 15 is 0 Å². The number of hydrogen-bond donors (Lipinski definition) is 1. The van der Waals surface area contributed by atoms with Crippen molar-refractivity contribution in [1.29, 1.82) is 0 Å². The van der Waals surface area contributed by atoms with Crippen LogP contribution < -0.4 is 14.8 Å². The number of amides is 1. The second kappa shape index (κ2) is 8.54. The number of nitrogens with zero attached hydrogens (tertiary/aromatic N) is 1. The van der Waals surface area contributed by atoms with E-state index in [-0.39, 0.29) is 5.91 Å². The van der Waals surface area contributed by atoms with E-state index in [1.807, 2.05) is 43.5 Å². The highest BCUT2D eigenvalue weighted by atomic mass is 32.1. The lowest BCUT2D eigenvalue weighted by molar-refractivity contribution is -0.127. The van der Waals surface area contributed by atoms with Crippen LogP contribution in [0, 0.1) is 13.8 Å². The quantitative estimate of drug-likeness (QED) is 0.628. The molecule has 0 fully saturated rings. The fraction of sp³-hybridized carbons (Fsp3) is 0.300. The van der Waals surface area contributed by atoms with E-state index in [9.17, 15) is 4.79 Å². The lowest BCUT2D eigenvalue weighted by atomic mass is 10.2. The molecule has 0 spiro atoms. The van der Waals surface area contributed by atoms with Gasteiger partial charge in [0.15, 0.2) is 17.6 Å². The molecular formula is C20H22N2O3S2. The largest absolute Gasteiger partial charge is 0.493 e. The highest BCUT2D eigenvalue weighted by Crippen LogP contribution is 2.31. The second-order valence-electron chi connectivity index (χ2n) is 6.14. The van der Waals surface area contributed by atoms with Gasteiger partial charge in [-0.1, -0.05) is 12.1 Å². The molecule has 0 saturated heterocycles. The number of carbonyl (C=O) groups is 1. The van der Waals surface area contributed by atoms with E-state index in [0.29, 0.717) is 18.0 Å². The van der Waals surface area contributed by atoms with Crippen molar-refractivity contribution in [3.63, 3.8) is 0 Å². The van der Waals surface area contributed by atoms with Gasteiger partial charge in [-0.3, -0.25) is 4.79 Å². The molecule has 1 atom stereocenters. The highest BCUT2D eigenvalue weighted by Gasteiger charge is 2.18. The smallest absolute Gasteiger partial charge is 0.261 e. The molecule has 27 heavy (non-hydrogen) atoms. The number of aromatic nitrogens is 1. The summed E-state index contributed by atoms with van der Waals surface area (Å²) in [5, 5.41) is 5.96. The summed E-state index contributed by atoms with van der Waals surface area (Å²) in [6, 6.07) is 9.69. The van der Waals surface area contributed by atoms with E-state index < -0.39 is 6.10 Å². The van der Waals surface area contributed by atoms with Gasteiger partial charge in [0.2, 0.25) is 0 Å². The number of rotatable bonds is 7. The molecule has 0 bridgehead atoms. The lowest BCUT2D eigenvalue weighted by Gasteiger charge is -2.17. The summed E-state index contributed by atoms with van der Waals surface area (Å²) in [6.07, 6.45) is -0.633. The summed E-state index contributed by atoms with van der Waals surface area (Å²) in [5.74, 6) is 0.997. The van der Waals surface area contributed by atoms with Crippen LogP contribution in [0.2, 0.25) is 0 Å². The summed E-state index contributed by atoms with van der Waals surface area (Å²) in [7, 11) is 1.59. The average Bonchev–Trinajstić information content (AvgIpc) is 3.30. The van der Waals surface area contributed by atoms with Crippen LogP contribution in [0.3, 0.4) is 0 Å². The minimum Gasteiger partial charge on any atom is -0.493 e. The molecule has 7 heteroatoms. The van der Waals surface area contributed by atoms with Crippen molar-refractivity contribution < 1.29 is 14.3 Å². The summed E-state index contributed by atoms with van der Waals surface area (Å²) in [4.78, 5) is 19.2. The van der Waals surface area contributed by atoms with Crippen molar-refractivity contribution in [3.8, 4) is 21.4 Å². The highest BCUT2D eigenvalue weighted by molar-refractivity contribution is 7.21. The van der Waals surface area contributed by atoms with E-state index in [2.05, 4.69) is 16.4 Å². The molecule has 0 aliphatic rings. The molecule has 3 rings (SSSR count). The molecule has 0 aliphatic heterocycles. The van der Waals surface area contributed by atoms with Gasteiger partial charge in [0.25, 0.3) is 5.91 Å². The van der Waals surface area contributed by atoms with Crippen LogP contribution in [-0.2, 0) is 11.3 Å². The van der Waals surface area contributed by atoms with Gasteiger partial charge in [-0.2, -0.15) is 0 Å². The third-order valence-electron chi connectivity index (χ3n) is 4.04. The maximum Gasteiger partial charge on any atom is 0.261 e. The molecule has 1 amide bonds. The van der Waals surface area contributed by atoms with E-state index in [4.69, 9.17) is 9.47 Å². The first-order valence-electron chi connectivity index (χ1n) is 8.57. The van der Waals surface area contributed by atoms with Crippen molar-refractivity contribution in [1.82, 2.24) is 10.3 Å². The van der Waals surface area contributed by atoms with E-state index in [1.165, 1.54) is 0 Å². The molecule has 0 aliphatic carbocycles. The van der Waals surface area contributed by atoms with Crippen LogP contribution in [0.25, 0.3) is 9.88 Å². The van der Waals surface area contributed by atoms with Gasteiger partial charge in [0, 0.05) is 4.88 Å². The maximum atomic E-state index is 12.4. The molecule has 2 heterocycles. The zero-order chi connectivity index (χ0) is 19.4. The molecule has 0 radical (unpaired) electrons. The summed E-state index contributed by atoms with van der Waals surface area (Å²) in [5.41, 5.74) is 2.01. The molecule has 1 aromatic carbocycles. The molecular weight excluding hydrogens is 380 g/mol. The first kappa shape index (κ1) is 19.4. The fourth-order valence-electron chi connectivity index (χ4n) is 2.52. The second-order valence-corrected chi connectivity index (χ2v) is 8.17. The van der Waals surface area contributed by atoms with Crippen LogP contribution in [-0.4, -0.2) is 24.1 Å². The number of benzene rings is 1. The van der Waals surface area contributed by atoms with Gasteiger partial charge in [0.05, 0.1) is 24.2 Å². The molecule has 1 N–H and O–H groups in total. The summed E-state index contributed by atoms with van der Waals surface area (Å²) >= 11 is 3.27. The zero-order valence-electron chi connectivity index (χ0n) is 15.7. The van der Waals surface area contributed by atoms with Crippen molar-refractivity contribution in [2.45, 2.75) is 33.4 Å². The topological polar surface area (TPSA) is 60.5 Å². The minimum absolute atomic E-state index is 0.178. The van der Waals surface area contributed by atoms with Crippen LogP contribution in [0.1, 0.15) is 23.1 Å². The number of carbonyl (C=O) groups excluding carboxylic acids is 1. The van der Waals surface area contributed by atoms with Crippen molar-refractivity contribution in [2.24, 2.45) is 0 Å². The van der Waals surface area contributed by atoms with E-state index in [0.717, 1.165) is 26.0 Å². The number of methoxy groups -OCH3 is 1. The average molecular weight is 403 g/mol. The standard InChI is InChI=1S/C20H22N2O3S2/c1-12-7-8-15(16(10-12)24-4)25-14(3)19(23)21-11-18-13(2)22-20(27-18)17-6-5-9-26-17/h5-10,14H,11H2,1-4H3,(H,21,23)/t14-/m1/s1. The SMILES string of the molecule is COc1cc(C)ccc1O[C@H](C)C(=O)NCc1sc(-c2cccs2)nc1C. The molecule has 142 valence electrons. The van der Waals surface area contributed by atoms with Crippen LogP contribution >= 0.6 is 22.7 Å². The first-order valence-corrected chi connectivity index (χ1v) is 10.3. The van der Waals surface area contributed by atoms with Gasteiger partial charge in [0.1, 0.15) is 5.01 Å². The van der Waals surface area contributed by atoms with Crippen LogP contribution in [0.15, 0.2) is 35.7 Å². The van der Waals surface area contributed by atoms with Gasteiger partial charge >= 0.3 is 0 Å². The Labute approximate surface area is 167 Å². The number of aryl methyl sites for hydroxylation is 2. The Balaban J connectivity index is 1.61. The Morgan fingerprint density at radius 2 is 2.07 bits per heavy atom. The third kappa shape index (κ3) is 4.67. The van der Waals surface area contributed by atoms with Crippen molar-refractivity contribution in [3.05, 3.63) is 51.8 Å². The minimum atomic E-state index is -0.633. The molecule has 0 unspecified atom stereocenters. The zero-order valence-corrected chi connectivity index (χ0v) is 17.4. The maximum absolute atomic E-state index is 12.4. The molecule has 0 saturated carbocycles. The number of thiophene rings is 1. The van der Waals surface area contributed by atoms with Crippen LogP contribution in [0.5, 0.6) is 11.5 Å². The molecule has 2 aromatic heterocycles. The number of nitrogens with one attached hydrogen (secondary N) is 1. The Bertz CT molecular complexity index is 919. The Hall–Kier alpha value is -2.38. The fourth-order valence-corrected chi connectivity index (χ4v) is 4.32. The predicted molar refractivity (Wildman–Crippen MR) is 110 cm³/mol. The lowest BCUT2D eigenvalue weighted by Crippen LogP contribution is -2.35. The van der Waals surface area contributed by atoms with Gasteiger partial charge in [-0.25, -0.2) is 4.98 Å². The van der Waals surface area contributed by atoms with Gasteiger partial charge in [-0.15, -0.1) is 22.7 Å². The molecule has 3 aromatic rings. The Morgan fingerprint density at radius 1 is 1.26 bits per heavy atom. The number of hydrogen-bond acceptors (Lipinski definition) is 6. The number of ether oxygens (including phenoxy) is 2. The predicted octanol–water partition coefficient (Wildman–Crippen LogP) is 4.58. The number of thiazole rings is 1. The molecule has 5 nitrogen and oxygen atoms in total. The summed E-state index contributed by atoms with van der Waals surface area (Å²) in [6.45, 7) is 6.11. The normalized spacial score (nSPS) is 11.9. The van der Waals surface area contributed by atoms with Crippen LogP contribution in [0.4, 0.5) is 0 Å². The van der Waals surface area contributed by atoms with Gasteiger partial charge in [-0.05, 0) is 49.9 Å². The first-order chi connectivity index (χ1) is 13.0. The Morgan fingerprint density at radius 3 is 2.78 bits per heavy atom. The Kier molecular flexibility index (Phi) is 6.13. The van der Waals surface area contributed by atoms with Crippen molar-refractivity contribution >= 4 is 28.6 Å².